The maximum Gasteiger partial charge on any atom is 0.105 e. The van der Waals surface area contributed by atoms with Gasteiger partial charge < -0.3 is 14.8 Å². The number of nitrogens with one attached hydrogen (secondary N) is 1. The molecule has 4 nitrogen and oxygen atoms in total. The third-order valence-corrected chi connectivity index (χ3v) is 5.47. The molecule has 1 atom stereocenters. The number of hydrogen-bond acceptors (Lipinski definition) is 3. The monoisotopic (exact) mass is 276 g/mol. The van der Waals surface area contributed by atoms with Crippen LogP contribution in [-0.4, -0.2) is 46.7 Å². The first-order valence-electron chi connectivity index (χ1n) is 8.11. The summed E-state index contributed by atoms with van der Waals surface area (Å²) in [6.45, 7) is 10.6. The maximum absolute atomic E-state index is 4.30. The minimum atomic E-state index is 0.629. The molecule has 1 spiro atoms. The molecule has 1 aromatic rings. The second kappa shape index (κ2) is 5.86. The predicted molar refractivity (Wildman–Crippen MR) is 81.8 cm³/mol. The van der Waals surface area contributed by atoms with Crippen molar-refractivity contribution in [2.75, 3.05) is 26.2 Å². The SMILES string of the molecule is Cc1nccn1CCC(C)N1CCC2(CCNCC2)C1. The predicted octanol–water partition coefficient (Wildman–Crippen LogP) is 2.05. The van der Waals surface area contributed by atoms with Gasteiger partial charge >= 0.3 is 0 Å². The van der Waals surface area contributed by atoms with Gasteiger partial charge in [0.2, 0.25) is 0 Å². The number of aromatic nitrogens is 2. The molecule has 0 saturated carbocycles. The highest BCUT2D eigenvalue weighted by molar-refractivity contribution is 4.95. The van der Waals surface area contributed by atoms with Crippen LogP contribution < -0.4 is 5.32 Å². The lowest BCUT2D eigenvalue weighted by Gasteiger charge is -2.35. The van der Waals surface area contributed by atoms with Crippen LogP contribution >= 0.6 is 0 Å². The summed E-state index contributed by atoms with van der Waals surface area (Å²) in [5.74, 6) is 1.13. The molecule has 0 bridgehead atoms. The van der Waals surface area contributed by atoms with E-state index in [2.05, 4.69) is 39.8 Å². The van der Waals surface area contributed by atoms with Crippen LogP contribution in [0.2, 0.25) is 0 Å². The number of nitrogens with zero attached hydrogens (tertiary/aromatic N) is 3. The normalized spacial score (nSPS) is 24.3. The van der Waals surface area contributed by atoms with Crippen molar-refractivity contribution in [3.63, 3.8) is 0 Å². The summed E-state index contributed by atoms with van der Waals surface area (Å²) in [6.07, 6.45) is 9.38. The van der Waals surface area contributed by atoms with Gasteiger partial charge in [-0.15, -0.1) is 0 Å². The summed E-state index contributed by atoms with van der Waals surface area (Å²) in [4.78, 5) is 7.02. The topological polar surface area (TPSA) is 33.1 Å². The van der Waals surface area contributed by atoms with Gasteiger partial charge in [0.25, 0.3) is 0 Å². The summed E-state index contributed by atoms with van der Waals surface area (Å²) in [5.41, 5.74) is 0.629. The van der Waals surface area contributed by atoms with Crippen LogP contribution in [-0.2, 0) is 6.54 Å². The van der Waals surface area contributed by atoms with Crippen molar-refractivity contribution in [3.05, 3.63) is 18.2 Å². The minimum Gasteiger partial charge on any atom is -0.335 e. The van der Waals surface area contributed by atoms with Crippen molar-refractivity contribution in [1.29, 1.82) is 0 Å². The van der Waals surface area contributed by atoms with Gasteiger partial charge in [0.15, 0.2) is 0 Å². The first kappa shape index (κ1) is 14.1. The molecule has 2 aliphatic heterocycles. The number of piperidine rings is 1. The quantitative estimate of drug-likeness (QED) is 0.913. The molecule has 2 saturated heterocycles. The highest BCUT2D eigenvalue weighted by Crippen LogP contribution is 2.39. The molecule has 3 rings (SSSR count). The van der Waals surface area contributed by atoms with E-state index >= 15 is 0 Å². The van der Waals surface area contributed by atoms with Gasteiger partial charge in [0, 0.05) is 31.5 Å². The zero-order chi connectivity index (χ0) is 14.0. The lowest BCUT2D eigenvalue weighted by molar-refractivity contribution is 0.168. The second-order valence-corrected chi connectivity index (χ2v) is 6.78. The van der Waals surface area contributed by atoms with Crippen LogP contribution in [0, 0.1) is 12.3 Å². The van der Waals surface area contributed by atoms with Gasteiger partial charge in [0.1, 0.15) is 5.82 Å². The van der Waals surface area contributed by atoms with Crippen molar-refractivity contribution >= 4 is 0 Å². The average molecular weight is 276 g/mol. The zero-order valence-electron chi connectivity index (χ0n) is 12.9. The lowest BCUT2D eigenvalue weighted by atomic mass is 9.78. The van der Waals surface area contributed by atoms with E-state index in [-0.39, 0.29) is 0 Å². The summed E-state index contributed by atoms with van der Waals surface area (Å²) >= 11 is 0. The van der Waals surface area contributed by atoms with Crippen molar-refractivity contribution in [2.45, 2.75) is 52.1 Å². The van der Waals surface area contributed by atoms with Crippen molar-refractivity contribution in [3.8, 4) is 0 Å². The molecule has 2 fully saturated rings. The molecule has 1 aromatic heterocycles. The van der Waals surface area contributed by atoms with E-state index in [9.17, 15) is 0 Å². The molecular weight excluding hydrogens is 248 g/mol. The smallest absolute Gasteiger partial charge is 0.105 e. The zero-order valence-corrected chi connectivity index (χ0v) is 12.9. The first-order chi connectivity index (χ1) is 9.69. The van der Waals surface area contributed by atoms with E-state index in [1.54, 1.807) is 0 Å². The largest absolute Gasteiger partial charge is 0.335 e. The Labute approximate surface area is 122 Å². The fraction of sp³-hybridized carbons (Fsp3) is 0.812. The number of likely N-dealkylation sites (tertiary alicyclic amines) is 1. The molecule has 0 aliphatic carbocycles. The second-order valence-electron chi connectivity index (χ2n) is 6.78. The van der Waals surface area contributed by atoms with Crippen LogP contribution in [0.25, 0.3) is 0 Å². The Kier molecular flexibility index (Phi) is 4.13. The van der Waals surface area contributed by atoms with E-state index in [1.165, 1.54) is 51.9 Å². The lowest BCUT2D eigenvalue weighted by Crippen LogP contribution is -2.40. The summed E-state index contributed by atoms with van der Waals surface area (Å²) < 4.78 is 2.27. The molecule has 3 heterocycles. The van der Waals surface area contributed by atoms with E-state index in [4.69, 9.17) is 0 Å². The van der Waals surface area contributed by atoms with Gasteiger partial charge in [-0.05, 0) is 64.6 Å². The van der Waals surface area contributed by atoms with Gasteiger partial charge in [-0.1, -0.05) is 0 Å². The van der Waals surface area contributed by atoms with Gasteiger partial charge in [-0.2, -0.15) is 0 Å². The molecule has 0 aromatic carbocycles. The Balaban J connectivity index is 1.51. The molecule has 1 unspecified atom stereocenters. The molecule has 20 heavy (non-hydrogen) atoms. The molecule has 2 aliphatic rings. The Bertz CT molecular complexity index is 433. The third-order valence-electron chi connectivity index (χ3n) is 5.47. The third kappa shape index (κ3) is 2.91. The van der Waals surface area contributed by atoms with Crippen molar-refractivity contribution in [2.24, 2.45) is 5.41 Å². The van der Waals surface area contributed by atoms with Gasteiger partial charge in [0.05, 0.1) is 0 Å². The molecule has 0 radical (unpaired) electrons. The van der Waals surface area contributed by atoms with Crippen LogP contribution in [0.4, 0.5) is 0 Å². The minimum absolute atomic E-state index is 0.629. The summed E-state index contributed by atoms with van der Waals surface area (Å²) in [6, 6.07) is 0.686. The van der Waals surface area contributed by atoms with Crippen LogP contribution in [0.15, 0.2) is 12.4 Å². The van der Waals surface area contributed by atoms with Crippen LogP contribution in [0.1, 0.15) is 38.4 Å². The van der Waals surface area contributed by atoms with E-state index in [1.807, 2.05) is 6.20 Å². The molecule has 1 N–H and O–H groups in total. The van der Waals surface area contributed by atoms with E-state index < -0.39 is 0 Å². The van der Waals surface area contributed by atoms with Crippen LogP contribution in [0.3, 0.4) is 0 Å². The maximum atomic E-state index is 4.30. The molecular formula is C16H28N4. The fourth-order valence-corrected chi connectivity index (χ4v) is 3.86. The standard InChI is InChI=1S/C16H28N4/c1-14(3-10-19-12-9-18-15(19)2)20-11-6-16(13-20)4-7-17-8-5-16/h9,12,14,17H,3-8,10-11,13H2,1-2H3. The Morgan fingerprint density at radius 1 is 1.35 bits per heavy atom. The van der Waals surface area contributed by atoms with Gasteiger partial charge in [-0.3, -0.25) is 0 Å². The summed E-state index contributed by atoms with van der Waals surface area (Å²) in [7, 11) is 0. The average Bonchev–Trinajstić information content (AvgIpc) is 3.04. The number of aryl methyl sites for hydroxylation is 2. The van der Waals surface area contributed by atoms with Crippen molar-refractivity contribution < 1.29 is 0 Å². The molecule has 4 heteroatoms. The molecule has 0 amide bonds. The Hall–Kier alpha value is -0.870. The number of hydrogen-bond donors (Lipinski definition) is 1. The highest BCUT2D eigenvalue weighted by atomic mass is 15.2. The fourth-order valence-electron chi connectivity index (χ4n) is 3.86. The van der Waals surface area contributed by atoms with Crippen molar-refractivity contribution in [1.82, 2.24) is 19.8 Å². The number of imidazole rings is 1. The number of rotatable bonds is 4. The first-order valence-corrected chi connectivity index (χ1v) is 8.11. The van der Waals surface area contributed by atoms with Crippen LogP contribution in [0.5, 0.6) is 0 Å². The Morgan fingerprint density at radius 2 is 2.15 bits per heavy atom. The molecule has 112 valence electrons. The highest BCUT2D eigenvalue weighted by Gasteiger charge is 2.39. The summed E-state index contributed by atoms with van der Waals surface area (Å²) in [5, 5.41) is 3.50. The van der Waals surface area contributed by atoms with E-state index in [0.717, 1.165) is 12.4 Å². The Morgan fingerprint density at radius 3 is 2.85 bits per heavy atom. The van der Waals surface area contributed by atoms with E-state index in [0.29, 0.717) is 11.5 Å². The van der Waals surface area contributed by atoms with Gasteiger partial charge in [-0.25, -0.2) is 4.98 Å².